The minimum absolute atomic E-state index is 0.135. The molecule has 0 aliphatic heterocycles. The number of amides is 4. The summed E-state index contributed by atoms with van der Waals surface area (Å²) < 4.78 is 52.6. The van der Waals surface area contributed by atoms with E-state index in [9.17, 15) is 36.7 Å². The zero-order valence-corrected chi connectivity index (χ0v) is 39.7. The molecular weight excluding hydrogens is 963 g/mol. The van der Waals surface area contributed by atoms with E-state index in [1.165, 1.54) is 12.1 Å². The van der Waals surface area contributed by atoms with E-state index in [1.807, 2.05) is 54.6 Å². The van der Waals surface area contributed by atoms with Gasteiger partial charge in [0.25, 0.3) is 23.6 Å². The molecule has 9 rings (SSSR count). The van der Waals surface area contributed by atoms with Crippen molar-refractivity contribution in [1.82, 2.24) is 0 Å². The topological polar surface area (TPSA) is 247 Å². The van der Waals surface area contributed by atoms with E-state index in [0.29, 0.717) is 56.6 Å². The zero-order valence-electron chi connectivity index (χ0n) is 39.7. The standard InChI is InChI=1S/C19H16N2O.2C13H10F2N2O.C13H13N3O/c20-15-10-12-16(13-11-15)21-19(22)18-9-5-4-8-17(18)14-6-2-1-3-7-14;14-8-1-6-12(15)11(7-8)13(18)17-10-4-2-9(16)3-5-10;14-11-3-1-2-10(12(11)15)13(18)17-9-6-4-8(16)5-7-9;14-9-5-7-10(8-6-9)16-13(17)11-3-1-2-4-12(11)15/h1-13H,20H2,(H,21,22);2*1-7H,16H2,(H,17,18);1-8H,14-15H2,(H,16,17). The van der Waals surface area contributed by atoms with Crippen LogP contribution in [0.25, 0.3) is 11.1 Å². The Morgan fingerprint density at radius 2 is 0.693 bits per heavy atom. The lowest BCUT2D eigenvalue weighted by Crippen LogP contribution is -2.14. The maximum Gasteiger partial charge on any atom is 0.258 e. The first kappa shape index (κ1) is 53.9. The van der Waals surface area contributed by atoms with Crippen molar-refractivity contribution in [1.29, 1.82) is 0 Å². The predicted molar refractivity (Wildman–Crippen MR) is 291 cm³/mol. The van der Waals surface area contributed by atoms with Gasteiger partial charge in [-0.05, 0) is 157 Å². The summed E-state index contributed by atoms with van der Waals surface area (Å²) in [5.74, 6) is -5.45. The van der Waals surface area contributed by atoms with Gasteiger partial charge in [-0.2, -0.15) is 0 Å². The van der Waals surface area contributed by atoms with Crippen LogP contribution in [0.5, 0.6) is 0 Å². The van der Waals surface area contributed by atoms with Gasteiger partial charge in [0.05, 0.1) is 16.7 Å². The van der Waals surface area contributed by atoms with Crippen molar-refractivity contribution in [2.75, 3.05) is 49.9 Å². The first-order valence-corrected chi connectivity index (χ1v) is 22.6. The first-order chi connectivity index (χ1) is 36.0. The van der Waals surface area contributed by atoms with E-state index in [0.717, 1.165) is 41.1 Å². The van der Waals surface area contributed by atoms with Crippen LogP contribution in [0.15, 0.2) is 212 Å². The third-order valence-electron chi connectivity index (χ3n) is 10.5. The van der Waals surface area contributed by atoms with E-state index < -0.39 is 35.1 Å². The smallest absolute Gasteiger partial charge is 0.258 e. The summed E-state index contributed by atoms with van der Waals surface area (Å²) >= 11 is 0. The number of anilines is 9. The molecular formula is C58H49F4N9O4. The molecule has 0 radical (unpaired) electrons. The molecule has 0 spiro atoms. The van der Waals surface area contributed by atoms with Crippen LogP contribution in [-0.2, 0) is 0 Å². The Kier molecular flexibility index (Phi) is 18.8. The summed E-state index contributed by atoms with van der Waals surface area (Å²) in [7, 11) is 0. The van der Waals surface area contributed by atoms with E-state index in [2.05, 4.69) is 21.3 Å². The molecule has 0 saturated heterocycles. The van der Waals surface area contributed by atoms with Crippen LogP contribution in [0.4, 0.5) is 68.7 Å². The highest BCUT2D eigenvalue weighted by Gasteiger charge is 2.16. The summed E-state index contributed by atoms with van der Waals surface area (Å²) in [5, 5.41) is 10.6. The maximum absolute atomic E-state index is 13.4. The van der Waals surface area contributed by atoms with Crippen molar-refractivity contribution in [2.24, 2.45) is 0 Å². The molecule has 14 N–H and O–H groups in total. The largest absolute Gasteiger partial charge is 0.399 e. The van der Waals surface area contributed by atoms with Crippen LogP contribution in [0.3, 0.4) is 0 Å². The number of hydrogen-bond donors (Lipinski definition) is 9. The number of hydrogen-bond acceptors (Lipinski definition) is 9. The second-order valence-electron chi connectivity index (χ2n) is 16.0. The number of rotatable bonds is 9. The van der Waals surface area contributed by atoms with Gasteiger partial charge in [0.2, 0.25) is 0 Å². The van der Waals surface area contributed by atoms with Crippen molar-refractivity contribution in [3.63, 3.8) is 0 Å². The number of halogens is 4. The second kappa shape index (κ2) is 26.1. The highest BCUT2D eigenvalue weighted by molar-refractivity contribution is 6.09. The lowest BCUT2D eigenvalue weighted by molar-refractivity contribution is 0.101. The van der Waals surface area contributed by atoms with E-state index in [4.69, 9.17) is 28.7 Å². The van der Waals surface area contributed by atoms with E-state index in [-0.39, 0.29) is 22.9 Å². The van der Waals surface area contributed by atoms with Crippen LogP contribution in [0.1, 0.15) is 41.4 Å². The molecule has 0 saturated carbocycles. The maximum atomic E-state index is 13.4. The Balaban J connectivity index is 0.000000163. The molecule has 75 heavy (non-hydrogen) atoms. The first-order valence-electron chi connectivity index (χ1n) is 22.6. The fraction of sp³-hybridized carbons (Fsp3) is 0. The van der Waals surface area contributed by atoms with Crippen LogP contribution in [0.2, 0.25) is 0 Å². The van der Waals surface area contributed by atoms with Gasteiger partial charge in [0, 0.05) is 56.7 Å². The average molecular weight is 1010 g/mol. The molecule has 0 bridgehead atoms. The minimum Gasteiger partial charge on any atom is -0.399 e. The summed E-state index contributed by atoms with van der Waals surface area (Å²) in [6.45, 7) is 0. The summed E-state index contributed by atoms with van der Waals surface area (Å²) in [4.78, 5) is 47.9. The van der Waals surface area contributed by atoms with Gasteiger partial charge in [-0.3, -0.25) is 19.2 Å². The number of carbonyl (C=O) groups excluding carboxylic acids is 4. The zero-order chi connectivity index (χ0) is 53.9. The molecule has 378 valence electrons. The Labute approximate surface area is 429 Å². The molecule has 0 aromatic heterocycles. The third-order valence-corrected chi connectivity index (χ3v) is 10.5. The molecule has 9 aromatic carbocycles. The summed E-state index contributed by atoms with van der Waals surface area (Å²) in [6.07, 6.45) is 0. The molecule has 9 aromatic rings. The van der Waals surface area contributed by atoms with Crippen LogP contribution >= 0.6 is 0 Å². The van der Waals surface area contributed by atoms with Crippen molar-refractivity contribution in [3.05, 3.63) is 258 Å². The third kappa shape index (κ3) is 16.0. The fourth-order valence-electron chi connectivity index (χ4n) is 6.66. The van der Waals surface area contributed by atoms with Crippen molar-refractivity contribution < 1.29 is 36.7 Å². The highest BCUT2D eigenvalue weighted by atomic mass is 19.2. The Bertz CT molecular complexity index is 3330. The molecule has 0 heterocycles. The van der Waals surface area contributed by atoms with Gasteiger partial charge in [0.1, 0.15) is 11.6 Å². The molecule has 4 amide bonds. The summed E-state index contributed by atoms with van der Waals surface area (Å²) in [6, 6.07) is 57.3. The van der Waals surface area contributed by atoms with Crippen LogP contribution in [-0.4, -0.2) is 23.6 Å². The lowest BCUT2D eigenvalue weighted by Gasteiger charge is -2.10. The van der Waals surface area contributed by atoms with Gasteiger partial charge in [0.15, 0.2) is 11.6 Å². The molecule has 0 atom stereocenters. The molecule has 13 nitrogen and oxygen atoms in total. The highest BCUT2D eigenvalue weighted by Crippen LogP contribution is 2.25. The number of carbonyl (C=O) groups is 4. The van der Waals surface area contributed by atoms with Crippen LogP contribution in [0, 0.1) is 23.3 Å². The number of nitrogens with two attached hydrogens (primary N) is 5. The average Bonchev–Trinajstić information content (AvgIpc) is 3.41. The quantitative estimate of drug-likeness (QED) is 0.0492. The van der Waals surface area contributed by atoms with Gasteiger partial charge >= 0.3 is 0 Å². The molecule has 0 unspecified atom stereocenters. The number of nitrogen functional groups attached to an aromatic ring is 5. The Morgan fingerprint density at radius 3 is 1.16 bits per heavy atom. The molecule has 0 fully saturated rings. The van der Waals surface area contributed by atoms with Gasteiger partial charge < -0.3 is 49.9 Å². The fourth-order valence-corrected chi connectivity index (χ4v) is 6.66. The lowest BCUT2D eigenvalue weighted by atomic mass is 9.99. The molecule has 0 aliphatic rings. The van der Waals surface area contributed by atoms with Crippen molar-refractivity contribution in [2.45, 2.75) is 0 Å². The van der Waals surface area contributed by atoms with Gasteiger partial charge in [-0.25, -0.2) is 17.6 Å². The minimum atomic E-state index is -1.16. The second-order valence-corrected chi connectivity index (χ2v) is 16.0. The van der Waals surface area contributed by atoms with Crippen molar-refractivity contribution >= 4 is 74.8 Å². The van der Waals surface area contributed by atoms with Crippen LogP contribution < -0.4 is 49.9 Å². The predicted octanol–water partition coefficient (Wildman–Crippen LogP) is 11.9. The molecule has 0 aliphatic carbocycles. The molecule has 17 heteroatoms. The number of nitrogens with one attached hydrogen (secondary N) is 4. The monoisotopic (exact) mass is 1010 g/mol. The van der Waals surface area contributed by atoms with Gasteiger partial charge in [-0.1, -0.05) is 66.7 Å². The summed E-state index contributed by atoms with van der Waals surface area (Å²) in [5.41, 5.74) is 35.5. The van der Waals surface area contributed by atoms with Gasteiger partial charge in [-0.15, -0.1) is 0 Å². The van der Waals surface area contributed by atoms with Crippen molar-refractivity contribution in [3.8, 4) is 11.1 Å². The van der Waals surface area contributed by atoms with E-state index in [1.54, 1.807) is 121 Å². The normalized spacial score (nSPS) is 10.1. The number of benzene rings is 9. The Hall–Kier alpha value is -10.4. The van der Waals surface area contributed by atoms with E-state index >= 15 is 0 Å². The SMILES string of the molecule is Nc1ccc(NC(=O)c2cc(F)ccc2F)cc1.Nc1ccc(NC(=O)c2cccc(F)c2F)cc1.Nc1ccc(NC(=O)c2ccccc2-c2ccccc2)cc1.Nc1ccc(NC(=O)c2ccccc2N)cc1. The Morgan fingerprint density at radius 1 is 0.320 bits per heavy atom. The number of para-hydroxylation sites is 1.